The van der Waals surface area contributed by atoms with Gasteiger partial charge in [-0.3, -0.25) is 23.9 Å². The van der Waals surface area contributed by atoms with Gasteiger partial charge in [-0.25, -0.2) is 4.79 Å². The highest BCUT2D eigenvalue weighted by molar-refractivity contribution is 5.91. The summed E-state index contributed by atoms with van der Waals surface area (Å²) in [6, 6.07) is 10.1. The summed E-state index contributed by atoms with van der Waals surface area (Å²) >= 11 is 0. The summed E-state index contributed by atoms with van der Waals surface area (Å²) in [4.78, 5) is 55.9. The van der Waals surface area contributed by atoms with Gasteiger partial charge in [0.15, 0.2) is 5.76 Å². The van der Waals surface area contributed by atoms with E-state index in [9.17, 15) is 19.2 Å². The lowest BCUT2D eigenvalue weighted by atomic mass is 10.1. The number of aromatic amines is 1. The molecule has 1 saturated carbocycles. The van der Waals surface area contributed by atoms with Gasteiger partial charge in [0.1, 0.15) is 5.76 Å². The minimum absolute atomic E-state index is 0.0904. The Bertz CT molecular complexity index is 1310. The van der Waals surface area contributed by atoms with E-state index in [1.807, 2.05) is 4.90 Å². The number of amides is 2. The maximum atomic E-state index is 12.9. The molecule has 0 spiro atoms. The quantitative estimate of drug-likeness (QED) is 0.652. The van der Waals surface area contributed by atoms with E-state index in [0.717, 1.165) is 25.7 Å². The zero-order valence-corrected chi connectivity index (χ0v) is 18.3. The number of nitrogens with zero attached hydrogens (tertiary/aromatic N) is 3. The summed E-state index contributed by atoms with van der Waals surface area (Å²) in [5.41, 5.74) is -0.475. The number of nitrogens with one attached hydrogen (secondary N) is 1. The Hall–Kier alpha value is -3.62. The maximum absolute atomic E-state index is 12.9. The second-order valence-electron chi connectivity index (χ2n) is 8.73. The molecule has 2 fully saturated rings. The number of H-pyrrole nitrogens is 1. The molecule has 0 radical (unpaired) electrons. The smallest absolute Gasteiger partial charge is 0.329 e. The molecule has 9 heteroatoms. The summed E-state index contributed by atoms with van der Waals surface area (Å²) in [5.74, 6) is 0.772. The molecule has 0 bridgehead atoms. The highest BCUT2D eigenvalue weighted by Crippen LogP contribution is 2.27. The van der Waals surface area contributed by atoms with E-state index in [0.29, 0.717) is 42.8 Å². The third kappa shape index (κ3) is 4.10. The van der Waals surface area contributed by atoms with E-state index in [1.165, 1.54) is 4.57 Å². The first-order valence-electron chi connectivity index (χ1n) is 11.4. The standard InChI is InChI=1S/C24H26N4O5/c29-21-18-7-3-4-8-19(18)28(24(32)25-21)15-17-9-10-20(33-17)23(31)27-13-11-26(12-14-27)22(30)16-5-1-2-6-16/h3-4,7-10,16H,1-2,5-6,11-15H2,(H,25,29,32). The van der Waals surface area contributed by atoms with Gasteiger partial charge in [0, 0.05) is 32.1 Å². The number of rotatable bonds is 4. The number of fused-ring (bicyclic) bond motifs is 1. The molecule has 3 aromatic rings. The fourth-order valence-electron chi connectivity index (χ4n) is 4.85. The van der Waals surface area contributed by atoms with Gasteiger partial charge in [-0.1, -0.05) is 25.0 Å². The number of para-hydroxylation sites is 1. The fraction of sp³-hybridized carbons (Fsp3) is 0.417. The van der Waals surface area contributed by atoms with Gasteiger partial charge in [-0.2, -0.15) is 0 Å². The van der Waals surface area contributed by atoms with Crippen molar-refractivity contribution in [2.45, 2.75) is 32.2 Å². The summed E-state index contributed by atoms with van der Waals surface area (Å²) in [5, 5.41) is 0.407. The molecule has 1 saturated heterocycles. The van der Waals surface area contributed by atoms with Crippen LogP contribution in [-0.2, 0) is 11.3 Å². The van der Waals surface area contributed by atoms with Crippen molar-refractivity contribution in [2.75, 3.05) is 26.2 Å². The molecule has 1 N–H and O–H groups in total. The molecule has 172 valence electrons. The van der Waals surface area contributed by atoms with Crippen LogP contribution in [0.4, 0.5) is 0 Å². The van der Waals surface area contributed by atoms with Crippen LogP contribution in [0, 0.1) is 5.92 Å². The largest absolute Gasteiger partial charge is 0.454 e. The van der Waals surface area contributed by atoms with Gasteiger partial charge >= 0.3 is 5.69 Å². The lowest BCUT2D eigenvalue weighted by molar-refractivity contribution is -0.136. The number of aromatic nitrogens is 2. The second-order valence-corrected chi connectivity index (χ2v) is 8.73. The molecule has 0 unspecified atom stereocenters. The van der Waals surface area contributed by atoms with E-state index in [4.69, 9.17) is 4.42 Å². The van der Waals surface area contributed by atoms with Crippen molar-refractivity contribution in [1.29, 1.82) is 0 Å². The Morgan fingerprint density at radius 1 is 0.939 bits per heavy atom. The topological polar surface area (TPSA) is 109 Å². The minimum Gasteiger partial charge on any atom is -0.454 e. The first-order chi connectivity index (χ1) is 16.0. The van der Waals surface area contributed by atoms with Crippen molar-refractivity contribution in [2.24, 2.45) is 5.92 Å². The normalized spacial score (nSPS) is 17.1. The third-order valence-electron chi connectivity index (χ3n) is 6.67. The predicted molar refractivity (Wildman–Crippen MR) is 121 cm³/mol. The monoisotopic (exact) mass is 450 g/mol. The lowest BCUT2D eigenvalue weighted by Gasteiger charge is -2.35. The zero-order valence-electron chi connectivity index (χ0n) is 18.3. The summed E-state index contributed by atoms with van der Waals surface area (Å²) < 4.78 is 7.18. The molecular formula is C24H26N4O5. The number of carbonyl (C=O) groups excluding carboxylic acids is 2. The average molecular weight is 450 g/mol. The molecule has 5 rings (SSSR count). The number of benzene rings is 1. The number of piperazine rings is 1. The molecule has 1 aromatic carbocycles. The summed E-state index contributed by atoms with van der Waals surface area (Å²) in [6.07, 6.45) is 4.19. The van der Waals surface area contributed by atoms with Gasteiger partial charge in [-0.05, 0) is 37.1 Å². The molecule has 2 aromatic heterocycles. The molecule has 9 nitrogen and oxygen atoms in total. The maximum Gasteiger partial charge on any atom is 0.329 e. The molecule has 2 aliphatic rings. The second kappa shape index (κ2) is 8.73. The molecule has 2 amide bonds. The van der Waals surface area contributed by atoms with Gasteiger partial charge in [0.25, 0.3) is 11.5 Å². The van der Waals surface area contributed by atoms with Gasteiger partial charge in [0.2, 0.25) is 5.91 Å². The number of carbonyl (C=O) groups is 2. The Balaban J connectivity index is 1.27. The van der Waals surface area contributed by atoms with Gasteiger partial charge in [-0.15, -0.1) is 0 Å². The van der Waals surface area contributed by atoms with Crippen molar-refractivity contribution < 1.29 is 14.0 Å². The van der Waals surface area contributed by atoms with E-state index >= 15 is 0 Å². The Kier molecular flexibility index (Phi) is 5.62. The van der Waals surface area contributed by atoms with Crippen molar-refractivity contribution in [3.63, 3.8) is 0 Å². The number of furan rings is 1. The van der Waals surface area contributed by atoms with E-state index in [2.05, 4.69) is 4.98 Å². The molecular weight excluding hydrogens is 424 g/mol. The molecule has 0 atom stereocenters. The lowest BCUT2D eigenvalue weighted by Crippen LogP contribution is -2.51. The third-order valence-corrected chi connectivity index (χ3v) is 6.67. The first-order valence-corrected chi connectivity index (χ1v) is 11.4. The van der Waals surface area contributed by atoms with Crippen LogP contribution >= 0.6 is 0 Å². The Morgan fingerprint density at radius 2 is 1.64 bits per heavy atom. The van der Waals surface area contributed by atoms with E-state index < -0.39 is 11.2 Å². The Labute approximate surface area is 189 Å². The van der Waals surface area contributed by atoms with Crippen LogP contribution < -0.4 is 11.2 Å². The zero-order chi connectivity index (χ0) is 22.9. The van der Waals surface area contributed by atoms with Crippen LogP contribution in [0.5, 0.6) is 0 Å². The van der Waals surface area contributed by atoms with Crippen molar-refractivity contribution in [1.82, 2.24) is 19.4 Å². The van der Waals surface area contributed by atoms with Crippen LogP contribution in [0.15, 0.2) is 50.4 Å². The molecule has 1 aliphatic carbocycles. The SMILES string of the molecule is O=C(c1ccc(Cn2c(=O)[nH]c(=O)c3ccccc32)o1)N1CCN(C(=O)C2CCCC2)CC1. The van der Waals surface area contributed by atoms with Crippen LogP contribution in [0.1, 0.15) is 42.0 Å². The van der Waals surface area contributed by atoms with Crippen LogP contribution in [0.3, 0.4) is 0 Å². The highest BCUT2D eigenvalue weighted by atomic mass is 16.4. The van der Waals surface area contributed by atoms with Gasteiger partial charge < -0.3 is 14.2 Å². The van der Waals surface area contributed by atoms with E-state index in [1.54, 1.807) is 41.3 Å². The van der Waals surface area contributed by atoms with Crippen molar-refractivity contribution in [3.05, 3.63) is 68.8 Å². The minimum atomic E-state index is -0.536. The summed E-state index contributed by atoms with van der Waals surface area (Å²) in [6.45, 7) is 2.10. The van der Waals surface area contributed by atoms with Crippen LogP contribution in [0.25, 0.3) is 10.9 Å². The average Bonchev–Trinajstić information content (AvgIpc) is 3.54. The van der Waals surface area contributed by atoms with E-state index in [-0.39, 0.29) is 30.0 Å². The highest BCUT2D eigenvalue weighted by Gasteiger charge is 2.31. The first kappa shape index (κ1) is 21.2. The molecule has 1 aliphatic heterocycles. The van der Waals surface area contributed by atoms with Crippen molar-refractivity contribution in [3.8, 4) is 0 Å². The van der Waals surface area contributed by atoms with Gasteiger partial charge in [0.05, 0.1) is 17.4 Å². The molecule has 3 heterocycles. The number of hydrogen-bond donors (Lipinski definition) is 1. The molecule has 33 heavy (non-hydrogen) atoms. The van der Waals surface area contributed by atoms with Crippen LogP contribution in [0.2, 0.25) is 0 Å². The predicted octanol–water partition coefficient (Wildman–Crippen LogP) is 1.81. The Morgan fingerprint density at radius 3 is 2.39 bits per heavy atom. The fourth-order valence-corrected chi connectivity index (χ4v) is 4.85. The number of hydrogen-bond acceptors (Lipinski definition) is 5. The van der Waals surface area contributed by atoms with Crippen LogP contribution in [-0.4, -0.2) is 57.3 Å². The summed E-state index contributed by atoms with van der Waals surface area (Å²) in [7, 11) is 0. The van der Waals surface area contributed by atoms with Crippen molar-refractivity contribution >= 4 is 22.7 Å².